The van der Waals surface area contributed by atoms with Crippen LogP contribution in [-0.2, 0) is 30.5 Å². The average Bonchev–Trinajstić information content (AvgIpc) is 3.80. The fourth-order valence-corrected chi connectivity index (χ4v) is 10.5. The number of hydrogen-bond donors (Lipinski definition) is 3. The van der Waals surface area contributed by atoms with E-state index in [-0.39, 0.29) is 12.4 Å². The first-order chi connectivity index (χ1) is 23.2. The van der Waals surface area contributed by atoms with Gasteiger partial charge in [-0.05, 0) is 127 Å². The van der Waals surface area contributed by atoms with Crippen molar-refractivity contribution in [2.24, 2.45) is 0 Å². The summed E-state index contributed by atoms with van der Waals surface area (Å²) in [5.74, 6) is 2.47. The highest BCUT2D eigenvalue weighted by Gasteiger charge is 2.30. The van der Waals surface area contributed by atoms with E-state index in [4.69, 9.17) is 0 Å². The second-order valence-corrected chi connectivity index (χ2v) is 16.3. The van der Waals surface area contributed by atoms with Crippen molar-refractivity contribution < 1.29 is 4.79 Å². The molecule has 2 saturated heterocycles. The molecule has 2 saturated carbocycles. The smallest absolute Gasteiger partial charge is 0.138 e. The van der Waals surface area contributed by atoms with Crippen molar-refractivity contribution >= 4 is 72.9 Å². The monoisotopic (exact) mass is 708 g/mol. The number of carbonyl (C=O) groups is 1. The Bertz CT molecular complexity index is 1700. The number of nitrogens with one attached hydrogen (secondary N) is 3. The van der Waals surface area contributed by atoms with E-state index < -0.39 is 0 Å². The quantitative estimate of drug-likeness (QED) is 0.200. The molecule has 12 heteroatoms. The van der Waals surface area contributed by atoms with Crippen molar-refractivity contribution in [3.63, 3.8) is 0 Å². The third kappa shape index (κ3) is 7.36. The van der Waals surface area contributed by atoms with Crippen LogP contribution in [0.4, 0.5) is 11.6 Å². The van der Waals surface area contributed by atoms with E-state index in [0.717, 1.165) is 41.8 Å². The first kappa shape index (κ1) is 34.0. The highest BCUT2D eigenvalue weighted by molar-refractivity contribution is 7.19. The maximum absolute atomic E-state index is 11.3. The Morgan fingerprint density at radius 2 is 1.15 bits per heavy atom. The second kappa shape index (κ2) is 15.6. The maximum atomic E-state index is 11.3. The van der Waals surface area contributed by atoms with Gasteiger partial charge in [-0.2, -0.15) is 0 Å². The molecule has 4 fully saturated rings. The van der Waals surface area contributed by atoms with Crippen LogP contribution in [0.5, 0.6) is 0 Å². The highest BCUT2D eigenvalue weighted by atomic mass is 35.5. The molecule has 9 nitrogen and oxygen atoms in total. The molecule has 4 aromatic heterocycles. The van der Waals surface area contributed by atoms with E-state index >= 15 is 0 Å². The van der Waals surface area contributed by atoms with Crippen LogP contribution in [0.2, 0.25) is 0 Å². The first-order valence-corrected chi connectivity index (χ1v) is 19.8. The van der Waals surface area contributed by atoms with Gasteiger partial charge in [-0.15, -0.1) is 35.1 Å². The summed E-state index contributed by atoms with van der Waals surface area (Å²) in [7, 11) is 0. The van der Waals surface area contributed by atoms with Crippen LogP contribution < -0.4 is 16.0 Å². The van der Waals surface area contributed by atoms with E-state index in [1.54, 1.807) is 17.5 Å². The van der Waals surface area contributed by atoms with Crippen LogP contribution in [0, 0.1) is 0 Å². The summed E-state index contributed by atoms with van der Waals surface area (Å²) < 4.78 is 0. The summed E-state index contributed by atoms with van der Waals surface area (Å²) >= 11 is 3.70. The molecular formula is C36H49ClN8OS2. The van der Waals surface area contributed by atoms with Gasteiger partial charge >= 0.3 is 0 Å². The third-order valence-electron chi connectivity index (χ3n) is 11.0. The fraction of sp³-hybridized carbons (Fsp3) is 0.639. The average molecular weight is 709 g/mol. The van der Waals surface area contributed by atoms with Gasteiger partial charge in [-0.25, -0.2) is 19.9 Å². The number of ketones is 1. The van der Waals surface area contributed by atoms with Gasteiger partial charge in [0.05, 0.1) is 10.8 Å². The van der Waals surface area contributed by atoms with Crippen molar-refractivity contribution in [1.29, 1.82) is 0 Å². The van der Waals surface area contributed by atoms with Crippen LogP contribution in [-0.4, -0.2) is 74.9 Å². The number of aromatic nitrogens is 4. The summed E-state index contributed by atoms with van der Waals surface area (Å²) in [4.78, 5) is 37.3. The first-order valence-electron chi connectivity index (χ1n) is 18.2. The lowest BCUT2D eigenvalue weighted by atomic mass is 9.88. The number of anilines is 2. The summed E-state index contributed by atoms with van der Waals surface area (Å²) in [6.07, 6.45) is 22.0. The van der Waals surface area contributed by atoms with Crippen LogP contribution in [0.15, 0.2) is 12.7 Å². The molecule has 0 atom stereocenters. The lowest BCUT2D eigenvalue weighted by Gasteiger charge is -2.42. The van der Waals surface area contributed by atoms with E-state index in [1.807, 2.05) is 22.7 Å². The Hall–Kier alpha value is -2.44. The van der Waals surface area contributed by atoms with Gasteiger partial charge in [0.2, 0.25) is 0 Å². The highest BCUT2D eigenvalue weighted by Crippen LogP contribution is 2.41. The molecular weight excluding hydrogens is 660 g/mol. The molecule has 4 aliphatic carbocycles. The van der Waals surface area contributed by atoms with Crippen molar-refractivity contribution in [3.8, 4) is 0 Å². The van der Waals surface area contributed by atoms with E-state index in [9.17, 15) is 4.79 Å². The van der Waals surface area contributed by atoms with Gasteiger partial charge in [-0.1, -0.05) is 0 Å². The summed E-state index contributed by atoms with van der Waals surface area (Å²) in [6.45, 7) is 5.16. The van der Waals surface area contributed by atoms with Gasteiger partial charge in [0.1, 0.15) is 39.7 Å². The Kier molecular flexibility index (Phi) is 11.1. The molecule has 0 unspecified atom stereocenters. The largest absolute Gasteiger partial charge is 0.367 e. The Morgan fingerprint density at radius 1 is 0.646 bits per heavy atom. The molecule has 3 N–H and O–H groups in total. The fourth-order valence-electron chi connectivity index (χ4n) is 8.01. The van der Waals surface area contributed by atoms with E-state index in [2.05, 4.69) is 40.8 Å². The predicted molar refractivity (Wildman–Crippen MR) is 200 cm³/mol. The van der Waals surface area contributed by atoms with E-state index in [0.29, 0.717) is 30.7 Å². The molecule has 48 heavy (non-hydrogen) atoms. The zero-order chi connectivity index (χ0) is 31.6. The number of hydrogen-bond acceptors (Lipinski definition) is 11. The molecule has 0 bridgehead atoms. The van der Waals surface area contributed by atoms with Crippen LogP contribution in [0.1, 0.15) is 97.9 Å². The van der Waals surface area contributed by atoms with Gasteiger partial charge in [0.25, 0.3) is 0 Å². The number of rotatable bonds is 5. The Labute approximate surface area is 297 Å². The lowest BCUT2D eigenvalue weighted by Crippen LogP contribution is -2.47. The van der Waals surface area contributed by atoms with Crippen LogP contribution in [0.25, 0.3) is 20.4 Å². The molecule has 10 rings (SSSR count). The predicted octanol–water partition coefficient (Wildman–Crippen LogP) is 7.11. The molecule has 0 amide bonds. The minimum atomic E-state index is 0. The molecule has 258 valence electrons. The van der Waals surface area contributed by atoms with Gasteiger partial charge in [0, 0.05) is 40.7 Å². The zero-order valence-corrected chi connectivity index (χ0v) is 30.3. The van der Waals surface area contributed by atoms with Gasteiger partial charge in [-0.3, -0.25) is 4.79 Å². The molecule has 2 aliphatic heterocycles. The Balaban J connectivity index is 0.000000134. The zero-order valence-electron chi connectivity index (χ0n) is 27.9. The molecule has 4 aromatic rings. The lowest BCUT2D eigenvalue weighted by molar-refractivity contribution is -0.120. The minimum absolute atomic E-state index is 0. The van der Waals surface area contributed by atoms with Crippen molar-refractivity contribution in [3.05, 3.63) is 33.5 Å². The molecule has 6 heterocycles. The molecule has 6 aliphatic rings. The van der Waals surface area contributed by atoms with Crippen LogP contribution >= 0.6 is 35.1 Å². The van der Waals surface area contributed by atoms with E-state index in [1.165, 1.54) is 128 Å². The number of likely N-dealkylation sites (tertiary alicyclic amines) is 1. The van der Waals surface area contributed by atoms with Crippen molar-refractivity contribution in [2.45, 2.75) is 121 Å². The van der Waals surface area contributed by atoms with Crippen molar-refractivity contribution in [1.82, 2.24) is 30.2 Å². The summed E-state index contributed by atoms with van der Waals surface area (Å²) in [6, 6.07) is 1.81. The molecule has 0 radical (unpaired) electrons. The normalized spacial score (nSPS) is 23.5. The maximum Gasteiger partial charge on any atom is 0.138 e. The standard InChI is InChI=1S/C18H24N4S.C15H17N3OS.C3H7N.ClH/c1-3-14-15(4-1)23-18-16(14)17(19-11-20-18)21-12-5-7-13(8-6-12)22-9-2-10-22;19-10-6-4-9(5-7-10)18-14-13-11-2-1-3-12(11)20-15(13)17-8-16-14;1-2-4-3-1;/h11-13H,1-10H2,(H,19,20,21);8-9H,1-7H2,(H,16,17,18);4H,1-3H2;1H. The number of fused-ring (bicyclic) bond motifs is 6. The molecule has 0 aromatic carbocycles. The summed E-state index contributed by atoms with van der Waals surface area (Å²) in [5.41, 5.74) is 2.99. The summed E-state index contributed by atoms with van der Waals surface area (Å²) in [5, 5.41) is 13.0. The molecule has 0 spiro atoms. The third-order valence-corrected chi connectivity index (χ3v) is 13.4. The number of thiophene rings is 2. The number of nitrogens with zero attached hydrogens (tertiary/aromatic N) is 5. The topological polar surface area (TPSA) is 108 Å². The second-order valence-electron chi connectivity index (χ2n) is 14.1. The number of Topliss-reactive ketones (excluding diaryl/α,β-unsaturated/α-hetero) is 1. The van der Waals surface area contributed by atoms with Gasteiger partial charge in [0.15, 0.2) is 0 Å². The van der Waals surface area contributed by atoms with Crippen LogP contribution in [0.3, 0.4) is 0 Å². The Morgan fingerprint density at radius 3 is 1.60 bits per heavy atom. The minimum Gasteiger partial charge on any atom is -0.367 e. The van der Waals surface area contributed by atoms with Gasteiger partial charge < -0.3 is 20.9 Å². The number of halogens is 1. The van der Waals surface area contributed by atoms with Crippen molar-refractivity contribution in [2.75, 3.05) is 36.8 Å². The number of aryl methyl sites for hydroxylation is 4. The number of carbonyl (C=O) groups excluding carboxylic acids is 1. The SMILES string of the molecule is C1CNC1.Cl.O=C1CCC(Nc2ncnc3sc4c(c23)CCC4)CC1.c1nc(NC2CCC(N3CCC3)CC2)c2c3c(sc2n1)CCC3.